The minimum Gasteiger partial charge on any atom is -0.461 e. The molecule has 0 unspecified atom stereocenters. The highest BCUT2D eigenvalue weighted by molar-refractivity contribution is 6.33. The van der Waals surface area contributed by atoms with Crippen molar-refractivity contribution in [2.75, 3.05) is 12.0 Å². The predicted octanol–water partition coefficient (Wildman–Crippen LogP) is 3.65. The summed E-state index contributed by atoms with van der Waals surface area (Å²) in [7, 11) is 0. The number of hydrazone groups is 1. The lowest BCUT2D eigenvalue weighted by Crippen LogP contribution is -2.11. The zero-order valence-electron chi connectivity index (χ0n) is 12.5. The maximum Gasteiger partial charge on any atom is 0.361 e. The van der Waals surface area contributed by atoms with E-state index in [1.54, 1.807) is 32.9 Å². The number of esters is 1. The molecule has 0 aliphatic rings. The molecule has 0 atom stereocenters. The van der Waals surface area contributed by atoms with Crippen molar-refractivity contribution in [1.29, 1.82) is 0 Å². The van der Waals surface area contributed by atoms with Crippen LogP contribution in [0.4, 0.5) is 5.69 Å². The van der Waals surface area contributed by atoms with Crippen LogP contribution >= 0.6 is 11.6 Å². The van der Waals surface area contributed by atoms with Crippen molar-refractivity contribution in [3.05, 3.63) is 46.3 Å². The van der Waals surface area contributed by atoms with Gasteiger partial charge in [-0.25, -0.2) is 4.79 Å². The van der Waals surface area contributed by atoms with Gasteiger partial charge in [0.05, 0.1) is 28.6 Å². The summed E-state index contributed by atoms with van der Waals surface area (Å²) in [6, 6.07) is 7.22. The van der Waals surface area contributed by atoms with Gasteiger partial charge in [0.15, 0.2) is 0 Å². The molecule has 0 aliphatic carbocycles. The van der Waals surface area contributed by atoms with Crippen molar-refractivity contribution in [2.45, 2.75) is 20.8 Å². The lowest BCUT2D eigenvalue weighted by atomic mass is 10.1. The third kappa shape index (κ3) is 3.46. The average molecular weight is 322 g/mol. The van der Waals surface area contributed by atoms with Gasteiger partial charge in [-0.3, -0.25) is 5.43 Å². The Labute approximate surface area is 133 Å². The van der Waals surface area contributed by atoms with Crippen molar-refractivity contribution in [3.8, 4) is 0 Å². The number of para-hydroxylation sites is 1. The number of ether oxygens (including phenoxy) is 1. The number of carbonyl (C=O) groups excluding carboxylic acids is 1. The molecule has 0 bridgehead atoms. The van der Waals surface area contributed by atoms with E-state index in [2.05, 4.69) is 15.7 Å². The SMILES string of the molecule is CCOC(=O)c1noc(C)c1/C(C)=N\Nc1ccccc1Cl. The van der Waals surface area contributed by atoms with Gasteiger partial charge in [-0.2, -0.15) is 5.10 Å². The molecule has 0 radical (unpaired) electrons. The number of hydrogen-bond acceptors (Lipinski definition) is 6. The van der Waals surface area contributed by atoms with E-state index in [4.69, 9.17) is 20.9 Å². The summed E-state index contributed by atoms with van der Waals surface area (Å²) in [5, 5.41) is 8.53. The second-order valence-corrected chi connectivity index (χ2v) is 4.88. The number of carbonyl (C=O) groups is 1. The second kappa shape index (κ2) is 7.09. The fraction of sp³-hybridized carbons (Fsp3) is 0.267. The van der Waals surface area contributed by atoms with Gasteiger partial charge in [-0.1, -0.05) is 28.9 Å². The molecule has 7 heteroatoms. The van der Waals surface area contributed by atoms with Crippen LogP contribution in [0.2, 0.25) is 5.02 Å². The van der Waals surface area contributed by atoms with Crippen LogP contribution < -0.4 is 5.43 Å². The predicted molar refractivity (Wildman–Crippen MR) is 84.5 cm³/mol. The third-order valence-electron chi connectivity index (χ3n) is 2.91. The number of rotatable bonds is 5. The number of anilines is 1. The molecule has 1 aromatic carbocycles. The first-order valence-corrected chi connectivity index (χ1v) is 7.11. The van der Waals surface area contributed by atoms with Gasteiger partial charge in [0.1, 0.15) is 5.76 Å². The number of halogens is 1. The Morgan fingerprint density at radius 3 is 2.86 bits per heavy atom. The summed E-state index contributed by atoms with van der Waals surface area (Å²) in [5.74, 6) is -0.0492. The summed E-state index contributed by atoms with van der Waals surface area (Å²) in [6.07, 6.45) is 0. The third-order valence-corrected chi connectivity index (χ3v) is 3.24. The smallest absolute Gasteiger partial charge is 0.361 e. The Morgan fingerprint density at radius 2 is 2.18 bits per heavy atom. The molecule has 6 nitrogen and oxygen atoms in total. The van der Waals surface area contributed by atoms with E-state index < -0.39 is 5.97 Å². The molecule has 0 amide bonds. The van der Waals surface area contributed by atoms with E-state index in [0.717, 1.165) is 0 Å². The van der Waals surface area contributed by atoms with E-state index in [1.807, 2.05) is 12.1 Å². The largest absolute Gasteiger partial charge is 0.461 e. The summed E-state index contributed by atoms with van der Waals surface area (Å²) in [4.78, 5) is 11.9. The standard InChI is InChI=1S/C15H16ClN3O3/c1-4-21-15(20)14-13(10(3)22-19-14)9(2)17-18-12-8-6-5-7-11(12)16/h5-8,18H,4H2,1-3H3/b17-9-. The van der Waals surface area contributed by atoms with Gasteiger partial charge < -0.3 is 9.26 Å². The first-order valence-electron chi connectivity index (χ1n) is 6.73. The Morgan fingerprint density at radius 1 is 1.45 bits per heavy atom. The molecule has 0 saturated heterocycles. The Bertz CT molecular complexity index is 710. The summed E-state index contributed by atoms with van der Waals surface area (Å²) >= 11 is 6.05. The zero-order valence-corrected chi connectivity index (χ0v) is 13.3. The molecule has 2 rings (SSSR count). The molecule has 2 aromatic rings. The monoisotopic (exact) mass is 321 g/mol. The average Bonchev–Trinajstić information content (AvgIpc) is 2.88. The number of nitrogens with one attached hydrogen (secondary N) is 1. The van der Waals surface area contributed by atoms with Gasteiger partial charge in [0.25, 0.3) is 0 Å². The normalized spacial score (nSPS) is 11.4. The van der Waals surface area contributed by atoms with Crippen molar-refractivity contribution in [1.82, 2.24) is 5.16 Å². The zero-order chi connectivity index (χ0) is 16.1. The summed E-state index contributed by atoms with van der Waals surface area (Å²) < 4.78 is 10.0. The number of benzene rings is 1. The van der Waals surface area contributed by atoms with Crippen LogP contribution in [0.5, 0.6) is 0 Å². The molecule has 0 aliphatic heterocycles. The van der Waals surface area contributed by atoms with E-state index in [0.29, 0.717) is 27.7 Å². The fourth-order valence-electron chi connectivity index (χ4n) is 1.89. The van der Waals surface area contributed by atoms with Gasteiger partial charge in [-0.15, -0.1) is 0 Å². The lowest BCUT2D eigenvalue weighted by molar-refractivity contribution is 0.0514. The molecule has 1 heterocycles. The first-order chi connectivity index (χ1) is 10.5. The van der Waals surface area contributed by atoms with E-state index in [9.17, 15) is 4.79 Å². The maximum absolute atomic E-state index is 11.9. The minimum atomic E-state index is -0.540. The molecule has 0 spiro atoms. The second-order valence-electron chi connectivity index (χ2n) is 4.47. The molecular formula is C15H16ClN3O3. The number of hydrogen-bond donors (Lipinski definition) is 1. The number of aromatic nitrogens is 1. The topological polar surface area (TPSA) is 76.7 Å². The number of aryl methyl sites for hydroxylation is 1. The highest BCUT2D eigenvalue weighted by Crippen LogP contribution is 2.21. The van der Waals surface area contributed by atoms with Gasteiger partial charge >= 0.3 is 5.97 Å². The van der Waals surface area contributed by atoms with Crippen LogP contribution in [0, 0.1) is 6.92 Å². The first kappa shape index (κ1) is 16.0. The van der Waals surface area contributed by atoms with Crippen molar-refractivity contribution in [3.63, 3.8) is 0 Å². The van der Waals surface area contributed by atoms with Gasteiger partial charge in [0.2, 0.25) is 5.69 Å². The maximum atomic E-state index is 11.9. The van der Waals surface area contributed by atoms with E-state index in [-0.39, 0.29) is 12.3 Å². The van der Waals surface area contributed by atoms with Crippen LogP contribution in [0.25, 0.3) is 0 Å². The Balaban J connectivity index is 2.27. The summed E-state index contributed by atoms with van der Waals surface area (Å²) in [6.45, 7) is 5.44. The molecule has 1 N–H and O–H groups in total. The number of nitrogens with zero attached hydrogens (tertiary/aromatic N) is 2. The Kier molecular flexibility index (Phi) is 5.16. The molecule has 1 aromatic heterocycles. The van der Waals surface area contributed by atoms with Crippen LogP contribution in [-0.2, 0) is 4.74 Å². The van der Waals surface area contributed by atoms with Gasteiger partial charge in [0, 0.05) is 0 Å². The molecule has 0 saturated carbocycles. The van der Waals surface area contributed by atoms with Crippen LogP contribution in [0.15, 0.2) is 33.9 Å². The Hall–Kier alpha value is -2.34. The van der Waals surface area contributed by atoms with Gasteiger partial charge in [-0.05, 0) is 32.9 Å². The molecule has 116 valence electrons. The van der Waals surface area contributed by atoms with Crippen LogP contribution in [-0.4, -0.2) is 23.4 Å². The van der Waals surface area contributed by atoms with Crippen LogP contribution in [0.3, 0.4) is 0 Å². The van der Waals surface area contributed by atoms with Crippen molar-refractivity contribution in [2.24, 2.45) is 5.10 Å². The molecule has 0 fully saturated rings. The lowest BCUT2D eigenvalue weighted by Gasteiger charge is -2.05. The highest BCUT2D eigenvalue weighted by Gasteiger charge is 2.23. The fourth-order valence-corrected chi connectivity index (χ4v) is 2.07. The minimum absolute atomic E-state index is 0.113. The van der Waals surface area contributed by atoms with E-state index in [1.165, 1.54) is 0 Å². The van der Waals surface area contributed by atoms with Crippen molar-refractivity contribution < 1.29 is 14.1 Å². The quantitative estimate of drug-likeness (QED) is 0.516. The van der Waals surface area contributed by atoms with Crippen molar-refractivity contribution >= 4 is 29.0 Å². The van der Waals surface area contributed by atoms with E-state index >= 15 is 0 Å². The highest BCUT2D eigenvalue weighted by atomic mass is 35.5. The molecule has 22 heavy (non-hydrogen) atoms. The summed E-state index contributed by atoms with van der Waals surface area (Å²) in [5.41, 5.74) is 4.69. The molecular weight excluding hydrogens is 306 g/mol. The van der Waals surface area contributed by atoms with Crippen LogP contribution in [0.1, 0.15) is 35.7 Å².